The fourth-order valence-corrected chi connectivity index (χ4v) is 1.34. The standard InChI is InChI=1S/C11H17NO/c1-8-4-5-11(12-6-7-13)10(3)9(8)2/h4-5,12-13H,6-7H2,1-3H3. The Labute approximate surface area is 79.6 Å². The van der Waals surface area contributed by atoms with Crippen LogP contribution in [0.2, 0.25) is 0 Å². The number of aliphatic hydroxyl groups excluding tert-OH is 1. The van der Waals surface area contributed by atoms with Gasteiger partial charge in [0, 0.05) is 12.2 Å². The van der Waals surface area contributed by atoms with Crippen molar-refractivity contribution in [2.24, 2.45) is 0 Å². The van der Waals surface area contributed by atoms with Gasteiger partial charge in [0.25, 0.3) is 0 Å². The van der Waals surface area contributed by atoms with Crippen LogP contribution in [0.15, 0.2) is 12.1 Å². The van der Waals surface area contributed by atoms with Crippen LogP contribution >= 0.6 is 0 Å². The van der Waals surface area contributed by atoms with E-state index >= 15 is 0 Å². The number of rotatable bonds is 3. The molecule has 0 atom stereocenters. The van der Waals surface area contributed by atoms with Crippen molar-refractivity contribution in [1.82, 2.24) is 0 Å². The van der Waals surface area contributed by atoms with Crippen LogP contribution in [0.1, 0.15) is 16.7 Å². The van der Waals surface area contributed by atoms with Crippen LogP contribution in [-0.2, 0) is 0 Å². The van der Waals surface area contributed by atoms with Crippen LogP contribution in [0.5, 0.6) is 0 Å². The van der Waals surface area contributed by atoms with Gasteiger partial charge in [0.2, 0.25) is 0 Å². The molecule has 1 aromatic carbocycles. The third-order valence-corrected chi connectivity index (χ3v) is 2.49. The summed E-state index contributed by atoms with van der Waals surface area (Å²) in [4.78, 5) is 0. The van der Waals surface area contributed by atoms with Crippen molar-refractivity contribution in [2.75, 3.05) is 18.5 Å². The summed E-state index contributed by atoms with van der Waals surface area (Å²) < 4.78 is 0. The van der Waals surface area contributed by atoms with Crippen molar-refractivity contribution >= 4 is 5.69 Å². The van der Waals surface area contributed by atoms with Crippen molar-refractivity contribution in [2.45, 2.75) is 20.8 Å². The number of aryl methyl sites for hydroxylation is 1. The maximum atomic E-state index is 8.68. The molecule has 72 valence electrons. The maximum Gasteiger partial charge on any atom is 0.0604 e. The van der Waals surface area contributed by atoms with Crippen molar-refractivity contribution in [3.8, 4) is 0 Å². The van der Waals surface area contributed by atoms with Gasteiger partial charge < -0.3 is 10.4 Å². The molecule has 0 aliphatic rings. The highest BCUT2D eigenvalue weighted by molar-refractivity contribution is 5.55. The van der Waals surface area contributed by atoms with Gasteiger partial charge in [0.1, 0.15) is 0 Å². The molecule has 0 heterocycles. The SMILES string of the molecule is Cc1ccc(NCCO)c(C)c1C. The van der Waals surface area contributed by atoms with Crippen molar-refractivity contribution in [1.29, 1.82) is 0 Å². The van der Waals surface area contributed by atoms with Gasteiger partial charge in [-0.2, -0.15) is 0 Å². The summed E-state index contributed by atoms with van der Waals surface area (Å²) in [5.74, 6) is 0. The quantitative estimate of drug-likeness (QED) is 0.744. The van der Waals surface area contributed by atoms with Gasteiger partial charge in [0.15, 0.2) is 0 Å². The van der Waals surface area contributed by atoms with E-state index in [2.05, 4.69) is 38.2 Å². The van der Waals surface area contributed by atoms with Crippen molar-refractivity contribution in [3.05, 3.63) is 28.8 Å². The molecular weight excluding hydrogens is 162 g/mol. The molecule has 0 bridgehead atoms. The Bertz CT molecular complexity index is 294. The van der Waals surface area contributed by atoms with Gasteiger partial charge >= 0.3 is 0 Å². The largest absolute Gasteiger partial charge is 0.395 e. The third-order valence-electron chi connectivity index (χ3n) is 2.49. The molecule has 2 nitrogen and oxygen atoms in total. The molecule has 1 aromatic rings. The second-order valence-corrected chi connectivity index (χ2v) is 3.33. The first kappa shape index (κ1) is 10.1. The van der Waals surface area contributed by atoms with E-state index in [-0.39, 0.29) is 6.61 Å². The Hall–Kier alpha value is -1.02. The van der Waals surface area contributed by atoms with Crippen LogP contribution in [0, 0.1) is 20.8 Å². The van der Waals surface area contributed by atoms with Gasteiger partial charge in [0.05, 0.1) is 6.61 Å². The fourth-order valence-electron chi connectivity index (χ4n) is 1.34. The summed E-state index contributed by atoms with van der Waals surface area (Å²) in [6, 6.07) is 4.16. The second-order valence-electron chi connectivity index (χ2n) is 3.33. The van der Waals surface area contributed by atoms with Gasteiger partial charge in [-0.1, -0.05) is 6.07 Å². The Morgan fingerprint density at radius 1 is 1.15 bits per heavy atom. The Morgan fingerprint density at radius 2 is 1.85 bits per heavy atom. The van der Waals surface area contributed by atoms with Crippen LogP contribution < -0.4 is 5.32 Å². The molecule has 0 fully saturated rings. The fraction of sp³-hybridized carbons (Fsp3) is 0.455. The summed E-state index contributed by atoms with van der Waals surface area (Å²) in [6.45, 7) is 7.12. The molecule has 0 saturated carbocycles. The number of nitrogens with one attached hydrogen (secondary N) is 1. The molecule has 1 rings (SSSR count). The maximum absolute atomic E-state index is 8.68. The molecule has 13 heavy (non-hydrogen) atoms. The summed E-state index contributed by atoms with van der Waals surface area (Å²) in [6.07, 6.45) is 0. The topological polar surface area (TPSA) is 32.3 Å². The minimum atomic E-state index is 0.173. The lowest BCUT2D eigenvalue weighted by Crippen LogP contribution is -2.07. The molecule has 0 saturated heterocycles. The van der Waals surface area contributed by atoms with E-state index in [0.29, 0.717) is 6.54 Å². The third kappa shape index (κ3) is 2.22. The molecule has 0 spiro atoms. The van der Waals surface area contributed by atoms with Crippen LogP contribution in [-0.4, -0.2) is 18.3 Å². The Morgan fingerprint density at radius 3 is 2.46 bits per heavy atom. The highest BCUT2D eigenvalue weighted by Crippen LogP contribution is 2.20. The highest BCUT2D eigenvalue weighted by atomic mass is 16.3. The average molecular weight is 179 g/mol. The van der Waals surface area contributed by atoms with Gasteiger partial charge in [-0.3, -0.25) is 0 Å². The summed E-state index contributed by atoms with van der Waals surface area (Å²) in [5.41, 5.74) is 5.03. The molecule has 0 aromatic heterocycles. The molecule has 0 aliphatic carbocycles. The van der Waals surface area contributed by atoms with Crippen LogP contribution in [0.25, 0.3) is 0 Å². The Kier molecular flexibility index (Phi) is 3.32. The molecule has 0 radical (unpaired) electrons. The summed E-state index contributed by atoms with van der Waals surface area (Å²) in [7, 11) is 0. The van der Waals surface area contributed by atoms with Crippen molar-refractivity contribution < 1.29 is 5.11 Å². The molecule has 0 unspecified atom stereocenters. The molecule has 0 amide bonds. The number of hydrogen-bond acceptors (Lipinski definition) is 2. The zero-order valence-electron chi connectivity index (χ0n) is 8.52. The second kappa shape index (κ2) is 4.28. The van der Waals surface area contributed by atoms with Gasteiger partial charge in [-0.25, -0.2) is 0 Å². The minimum absolute atomic E-state index is 0.173. The van der Waals surface area contributed by atoms with E-state index in [1.54, 1.807) is 0 Å². The predicted molar refractivity (Wildman–Crippen MR) is 56.2 cm³/mol. The van der Waals surface area contributed by atoms with Crippen LogP contribution in [0.4, 0.5) is 5.69 Å². The highest BCUT2D eigenvalue weighted by Gasteiger charge is 2.01. The zero-order chi connectivity index (χ0) is 9.84. The van der Waals surface area contributed by atoms with E-state index in [4.69, 9.17) is 5.11 Å². The van der Waals surface area contributed by atoms with Crippen molar-refractivity contribution in [3.63, 3.8) is 0 Å². The minimum Gasteiger partial charge on any atom is -0.395 e. The number of anilines is 1. The summed E-state index contributed by atoms with van der Waals surface area (Å²) >= 11 is 0. The smallest absolute Gasteiger partial charge is 0.0604 e. The summed E-state index contributed by atoms with van der Waals surface area (Å²) in [5, 5.41) is 11.9. The first-order valence-corrected chi connectivity index (χ1v) is 4.58. The average Bonchev–Trinajstić information content (AvgIpc) is 2.13. The first-order chi connectivity index (χ1) is 6.16. The Balaban J connectivity index is 2.90. The lowest BCUT2D eigenvalue weighted by Gasteiger charge is -2.12. The molecule has 2 heteroatoms. The number of hydrogen-bond donors (Lipinski definition) is 2. The predicted octanol–water partition coefficient (Wildman–Crippen LogP) is 2.02. The van der Waals surface area contributed by atoms with E-state index in [1.165, 1.54) is 16.7 Å². The van der Waals surface area contributed by atoms with Gasteiger partial charge in [-0.15, -0.1) is 0 Å². The zero-order valence-corrected chi connectivity index (χ0v) is 8.52. The van der Waals surface area contributed by atoms with Crippen LogP contribution in [0.3, 0.4) is 0 Å². The van der Waals surface area contributed by atoms with E-state index in [0.717, 1.165) is 5.69 Å². The monoisotopic (exact) mass is 179 g/mol. The molecular formula is C11H17NO. The van der Waals surface area contributed by atoms with Gasteiger partial charge in [-0.05, 0) is 43.5 Å². The van der Waals surface area contributed by atoms with E-state index in [1.807, 2.05) is 0 Å². The van der Waals surface area contributed by atoms with E-state index in [9.17, 15) is 0 Å². The molecule has 2 N–H and O–H groups in total. The lowest BCUT2D eigenvalue weighted by molar-refractivity contribution is 0.311. The number of aliphatic hydroxyl groups is 1. The first-order valence-electron chi connectivity index (χ1n) is 4.58. The number of benzene rings is 1. The van der Waals surface area contributed by atoms with E-state index < -0.39 is 0 Å². The lowest BCUT2D eigenvalue weighted by atomic mass is 10.0. The molecule has 0 aliphatic heterocycles. The normalized spacial score (nSPS) is 10.2.